The number of aromatic nitrogens is 1. The second-order valence-electron chi connectivity index (χ2n) is 5.08. The molecule has 4 heteroatoms. The maximum atomic E-state index is 6.06. The van der Waals surface area contributed by atoms with Crippen LogP contribution in [0.15, 0.2) is 53.5 Å². The highest BCUT2D eigenvalue weighted by Crippen LogP contribution is 2.18. The number of rotatable bonds is 3. The molecule has 0 bridgehead atoms. The first kappa shape index (κ1) is 15.3. The van der Waals surface area contributed by atoms with E-state index in [4.69, 9.17) is 16.6 Å². The Morgan fingerprint density at radius 2 is 2.00 bits per heavy atom. The molecule has 3 nitrogen and oxygen atoms in total. The smallest absolute Gasteiger partial charge is 0.139 e. The van der Waals surface area contributed by atoms with Crippen LogP contribution in [0.4, 0.5) is 11.5 Å². The lowest BCUT2D eigenvalue weighted by Gasteiger charge is -2.09. The Morgan fingerprint density at radius 1 is 1.17 bits per heavy atom. The van der Waals surface area contributed by atoms with Gasteiger partial charge < -0.3 is 5.32 Å². The number of anilines is 2. The van der Waals surface area contributed by atoms with Crippen LogP contribution in [0.25, 0.3) is 23.6 Å². The van der Waals surface area contributed by atoms with Gasteiger partial charge in [0.1, 0.15) is 5.82 Å². The first-order chi connectivity index (χ1) is 11.2. The van der Waals surface area contributed by atoms with Crippen molar-refractivity contribution in [3.8, 4) is 0 Å². The summed E-state index contributed by atoms with van der Waals surface area (Å²) < 4.78 is 0. The van der Waals surface area contributed by atoms with E-state index < -0.39 is 0 Å². The third kappa shape index (κ3) is 3.25. The van der Waals surface area contributed by atoms with Gasteiger partial charge in [0, 0.05) is 34.6 Å². The Hall–Kier alpha value is -2.65. The number of fused-ring (bicyclic) bond motifs is 1. The molecule has 1 N–H and O–H groups in total. The summed E-state index contributed by atoms with van der Waals surface area (Å²) in [6.45, 7) is 4.22. The summed E-state index contributed by atoms with van der Waals surface area (Å²) in [6.07, 6.45) is 3.65. The summed E-state index contributed by atoms with van der Waals surface area (Å²) in [5.74, 6) is 0.732. The molecule has 0 aliphatic carbocycles. The van der Waals surface area contributed by atoms with Crippen LogP contribution >= 0.6 is 11.6 Å². The average Bonchev–Trinajstić information content (AvgIpc) is 2.55. The zero-order chi connectivity index (χ0) is 16.2. The predicted molar refractivity (Wildman–Crippen MR) is 100 cm³/mol. The van der Waals surface area contributed by atoms with E-state index in [-0.39, 0.29) is 0 Å². The van der Waals surface area contributed by atoms with Gasteiger partial charge >= 0.3 is 0 Å². The molecule has 0 radical (unpaired) electrons. The van der Waals surface area contributed by atoms with Crippen molar-refractivity contribution in [2.24, 2.45) is 4.99 Å². The standard InChI is InChI=1S/C19H16ClN3/c1-13-16-8-3-4-9-18(16)23-19(17(13)10-11-21-2)22-15-7-5-6-14(20)12-15/h3-12H,1H2,2H3,(H,22,23)/b17-10+,21-11?. The van der Waals surface area contributed by atoms with Crippen molar-refractivity contribution in [2.75, 3.05) is 12.4 Å². The molecular formula is C19H16ClN3. The van der Waals surface area contributed by atoms with Crippen molar-refractivity contribution in [3.63, 3.8) is 0 Å². The zero-order valence-corrected chi connectivity index (χ0v) is 13.5. The van der Waals surface area contributed by atoms with Gasteiger partial charge in [0.15, 0.2) is 0 Å². The lowest BCUT2D eigenvalue weighted by atomic mass is 10.1. The number of halogens is 1. The predicted octanol–water partition coefficient (Wildman–Crippen LogP) is 3.52. The third-order valence-electron chi connectivity index (χ3n) is 3.52. The highest BCUT2D eigenvalue weighted by atomic mass is 35.5. The number of pyridine rings is 1. The molecule has 0 atom stereocenters. The Kier molecular flexibility index (Phi) is 4.40. The van der Waals surface area contributed by atoms with Gasteiger partial charge in [-0.2, -0.15) is 0 Å². The largest absolute Gasteiger partial charge is 0.340 e. The van der Waals surface area contributed by atoms with E-state index in [1.54, 1.807) is 13.3 Å². The van der Waals surface area contributed by atoms with Crippen molar-refractivity contribution in [2.45, 2.75) is 0 Å². The summed E-state index contributed by atoms with van der Waals surface area (Å²) in [4.78, 5) is 8.76. The zero-order valence-electron chi connectivity index (χ0n) is 12.8. The molecule has 0 unspecified atom stereocenters. The summed E-state index contributed by atoms with van der Waals surface area (Å²) in [7, 11) is 1.73. The number of nitrogens with one attached hydrogen (secondary N) is 1. The van der Waals surface area contributed by atoms with Gasteiger partial charge in [0.05, 0.1) is 5.52 Å². The Morgan fingerprint density at radius 3 is 2.78 bits per heavy atom. The normalized spacial score (nSPS) is 12.2. The molecule has 0 spiro atoms. The van der Waals surface area contributed by atoms with Crippen LogP contribution in [0.1, 0.15) is 0 Å². The lowest BCUT2D eigenvalue weighted by molar-refractivity contribution is 1.33. The van der Waals surface area contributed by atoms with Crippen LogP contribution in [-0.4, -0.2) is 18.2 Å². The second kappa shape index (κ2) is 6.63. The highest BCUT2D eigenvalue weighted by Gasteiger charge is 2.04. The molecule has 1 heterocycles. The number of nitrogens with zero attached hydrogens (tertiary/aromatic N) is 2. The van der Waals surface area contributed by atoms with Gasteiger partial charge in [-0.15, -0.1) is 0 Å². The number of aliphatic imine (C=N–C) groups is 1. The lowest BCUT2D eigenvalue weighted by Crippen LogP contribution is -2.28. The molecule has 0 amide bonds. The molecule has 2 aromatic carbocycles. The van der Waals surface area contributed by atoms with E-state index in [1.807, 2.05) is 54.6 Å². The van der Waals surface area contributed by atoms with Crippen LogP contribution in [0.5, 0.6) is 0 Å². The second-order valence-corrected chi connectivity index (χ2v) is 5.52. The SMILES string of the molecule is C=c1/c(=C\C=NC)c(Nc2cccc(Cl)c2)nc2ccccc12. The van der Waals surface area contributed by atoms with E-state index in [9.17, 15) is 0 Å². The van der Waals surface area contributed by atoms with Gasteiger partial charge in [-0.3, -0.25) is 4.99 Å². The molecule has 0 aliphatic rings. The quantitative estimate of drug-likeness (QED) is 0.749. The van der Waals surface area contributed by atoms with Crippen molar-refractivity contribution in [1.82, 2.24) is 4.98 Å². The minimum absolute atomic E-state index is 0.672. The van der Waals surface area contributed by atoms with Crippen LogP contribution in [0.3, 0.4) is 0 Å². The fourth-order valence-corrected chi connectivity index (χ4v) is 2.61. The highest BCUT2D eigenvalue weighted by molar-refractivity contribution is 6.30. The first-order valence-electron chi connectivity index (χ1n) is 7.22. The van der Waals surface area contributed by atoms with Gasteiger partial charge in [-0.05, 0) is 35.6 Å². The molecule has 23 heavy (non-hydrogen) atoms. The Balaban J connectivity index is 2.24. The number of para-hydroxylation sites is 1. The number of hydrogen-bond acceptors (Lipinski definition) is 3. The topological polar surface area (TPSA) is 37.3 Å². The van der Waals surface area contributed by atoms with E-state index in [1.165, 1.54) is 0 Å². The van der Waals surface area contributed by atoms with Crippen LogP contribution in [-0.2, 0) is 0 Å². The van der Waals surface area contributed by atoms with Crippen molar-refractivity contribution < 1.29 is 0 Å². The van der Waals surface area contributed by atoms with Gasteiger partial charge in [-0.25, -0.2) is 4.98 Å². The molecule has 0 fully saturated rings. The summed E-state index contributed by atoms with van der Waals surface area (Å²) >= 11 is 6.06. The van der Waals surface area contributed by atoms with E-state index >= 15 is 0 Å². The minimum Gasteiger partial charge on any atom is -0.340 e. The Labute approximate surface area is 139 Å². The van der Waals surface area contributed by atoms with Crippen LogP contribution < -0.4 is 15.8 Å². The molecule has 0 saturated heterocycles. The Bertz CT molecular complexity index is 993. The molecular weight excluding hydrogens is 306 g/mol. The number of benzene rings is 2. The van der Waals surface area contributed by atoms with Crippen LogP contribution in [0.2, 0.25) is 5.02 Å². The number of hydrogen-bond donors (Lipinski definition) is 1. The fourth-order valence-electron chi connectivity index (χ4n) is 2.42. The van der Waals surface area contributed by atoms with Crippen molar-refractivity contribution in [3.05, 3.63) is 64.0 Å². The van der Waals surface area contributed by atoms with E-state index in [0.29, 0.717) is 5.02 Å². The monoisotopic (exact) mass is 321 g/mol. The molecule has 3 aromatic rings. The molecule has 0 saturated carbocycles. The molecule has 1 aromatic heterocycles. The first-order valence-corrected chi connectivity index (χ1v) is 7.59. The average molecular weight is 322 g/mol. The van der Waals surface area contributed by atoms with Gasteiger partial charge in [0.2, 0.25) is 0 Å². The molecule has 0 aliphatic heterocycles. The van der Waals surface area contributed by atoms with Crippen molar-refractivity contribution in [1.29, 1.82) is 0 Å². The fraction of sp³-hybridized carbons (Fsp3) is 0.0526. The molecule has 3 rings (SSSR count). The van der Waals surface area contributed by atoms with E-state index in [2.05, 4.69) is 16.9 Å². The third-order valence-corrected chi connectivity index (χ3v) is 3.75. The van der Waals surface area contributed by atoms with Crippen molar-refractivity contribution >= 4 is 52.9 Å². The van der Waals surface area contributed by atoms with Gasteiger partial charge in [-0.1, -0.05) is 42.4 Å². The maximum absolute atomic E-state index is 6.06. The van der Waals surface area contributed by atoms with Crippen LogP contribution in [0, 0.1) is 0 Å². The minimum atomic E-state index is 0.672. The summed E-state index contributed by atoms with van der Waals surface area (Å²) in [5.41, 5.74) is 1.77. The molecule has 114 valence electrons. The maximum Gasteiger partial charge on any atom is 0.139 e. The van der Waals surface area contributed by atoms with E-state index in [0.717, 1.165) is 32.8 Å². The summed E-state index contributed by atoms with van der Waals surface area (Å²) in [6, 6.07) is 15.5. The summed E-state index contributed by atoms with van der Waals surface area (Å²) in [5, 5.41) is 6.85. The van der Waals surface area contributed by atoms with Gasteiger partial charge in [0.25, 0.3) is 0 Å².